The molecule has 0 radical (unpaired) electrons. The topological polar surface area (TPSA) is 68.3 Å². The van der Waals surface area contributed by atoms with Crippen molar-refractivity contribution in [3.8, 4) is 22.3 Å². The van der Waals surface area contributed by atoms with Crippen LogP contribution in [0.25, 0.3) is 22.3 Å². The zero-order valence-corrected chi connectivity index (χ0v) is 18.1. The smallest absolute Gasteiger partial charge is 0.194 e. The first-order chi connectivity index (χ1) is 16.5. The van der Waals surface area contributed by atoms with Gasteiger partial charge in [0.2, 0.25) is 0 Å². The van der Waals surface area contributed by atoms with Crippen molar-refractivity contribution in [1.29, 1.82) is 0 Å². The maximum absolute atomic E-state index is 12.8. The van der Waals surface area contributed by atoms with Gasteiger partial charge in [0.1, 0.15) is 0 Å². The van der Waals surface area contributed by atoms with Gasteiger partial charge in [-0.3, -0.25) is 19.2 Å². The molecule has 34 heavy (non-hydrogen) atoms. The fourth-order valence-corrected chi connectivity index (χ4v) is 4.92. The highest BCUT2D eigenvalue weighted by molar-refractivity contribution is 6.23. The van der Waals surface area contributed by atoms with Crippen LogP contribution in [-0.2, 0) is 0 Å². The molecule has 0 saturated carbocycles. The Balaban J connectivity index is 1.19. The van der Waals surface area contributed by atoms with Gasteiger partial charge in [-0.2, -0.15) is 0 Å². The first kappa shape index (κ1) is 20.2. The highest BCUT2D eigenvalue weighted by atomic mass is 16.1. The van der Waals surface area contributed by atoms with Gasteiger partial charge in [-0.1, -0.05) is 72.8 Å². The number of rotatable bonds is 5. The molecule has 6 rings (SSSR count). The van der Waals surface area contributed by atoms with Crippen LogP contribution in [-0.4, -0.2) is 23.1 Å². The van der Waals surface area contributed by atoms with Gasteiger partial charge < -0.3 is 0 Å². The van der Waals surface area contributed by atoms with Gasteiger partial charge in [0, 0.05) is 46.2 Å². The number of carbonyl (C=O) groups excluding carboxylic acids is 4. The minimum Gasteiger partial charge on any atom is -0.294 e. The van der Waals surface area contributed by atoms with Crippen molar-refractivity contribution in [2.45, 2.75) is 12.8 Å². The third-order valence-electron chi connectivity index (χ3n) is 6.68. The SMILES string of the molecule is O=C(CCC(=O)c1ccc2c(c1)C(=O)c1ccccc1-2)c1ccc2c(c1)C(=O)c1ccccc1-2. The minimum atomic E-state index is -0.190. The number of Topliss-reactive ketones (excluding diaryl/α,β-unsaturated/α-hetero) is 2. The highest BCUT2D eigenvalue weighted by Gasteiger charge is 2.28. The molecule has 2 aliphatic carbocycles. The average molecular weight is 442 g/mol. The molecule has 0 atom stereocenters. The summed E-state index contributed by atoms with van der Waals surface area (Å²) in [6.45, 7) is 0. The Morgan fingerprint density at radius 2 is 0.794 bits per heavy atom. The standard InChI is InChI=1S/C30H18O4/c31-27(17-9-11-21-19-5-1-3-7-23(19)29(33)25(21)15-17)13-14-28(32)18-10-12-22-20-6-2-4-8-24(20)30(34)26(22)16-18/h1-12,15-16H,13-14H2. The van der Waals surface area contributed by atoms with Gasteiger partial charge >= 0.3 is 0 Å². The third-order valence-corrected chi connectivity index (χ3v) is 6.68. The first-order valence-corrected chi connectivity index (χ1v) is 11.2. The van der Waals surface area contributed by atoms with Gasteiger partial charge in [-0.15, -0.1) is 0 Å². The molecule has 4 heteroatoms. The lowest BCUT2D eigenvalue weighted by atomic mass is 9.96. The van der Waals surface area contributed by atoms with Gasteiger partial charge in [-0.05, 0) is 34.4 Å². The number of benzene rings is 4. The van der Waals surface area contributed by atoms with E-state index < -0.39 is 0 Å². The molecule has 4 aromatic rings. The predicted molar refractivity (Wildman–Crippen MR) is 129 cm³/mol. The lowest BCUT2D eigenvalue weighted by molar-refractivity contribution is 0.0917. The Bertz CT molecular complexity index is 1460. The molecule has 0 saturated heterocycles. The zero-order valence-electron chi connectivity index (χ0n) is 18.1. The second-order valence-electron chi connectivity index (χ2n) is 8.62. The van der Waals surface area contributed by atoms with E-state index in [2.05, 4.69) is 0 Å². The van der Waals surface area contributed by atoms with Crippen LogP contribution >= 0.6 is 0 Å². The van der Waals surface area contributed by atoms with Crippen LogP contribution in [0.2, 0.25) is 0 Å². The maximum Gasteiger partial charge on any atom is 0.194 e. The van der Waals surface area contributed by atoms with Crippen LogP contribution in [0.4, 0.5) is 0 Å². The molecular weight excluding hydrogens is 424 g/mol. The summed E-state index contributed by atoms with van der Waals surface area (Å²) in [5, 5.41) is 0. The minimum absolute atomic E-state index is 0.0318. The van der Waals surface area contributed by atoms with Crippen molar-refractivity contribution in [3.05, 3.63) is 118 Å². The molecule has 0 N–H and O–H groups in total. The quantitative estimate of drug-likeness (QED) is 0.309. The van der Waals surface area contributed by atoms with E-state index in [-0.39, 0.29) is 36.0 Å². The summed E-state index contributed by atoms with van der Waals surface area (Å²) in [6.07, 6.45) is 0.0635. The fraction of sp³-hybridized carbons (Fsp3) is 0.0667. The van der Waals surface area contributed by atoms with Crippen LogP contribution in [0.15, 0.2) is 84.9 Å². The number of fused-ring (bicyclic) bond motifs is 6. The molecule has 0 spiro atoms. The van der Waals surface area contributed by atoms with Crippen molar-refractivity contribution >= 4 is 23.1 Å². The van der Waals surface area contributed by atoms with E-state index in [0.29, 0.717) is 33.4 Å². The van der Waals surface area contributed by atoms with E-state index in [1.54, 1.807) is 48.5 Å². The largest absolute Gasteiger partial charge is 0.294 e. The van der Waals surface area contributed by atoms with Gasteiger partial charge in [0.25, 0.3) is 0 Å². The zero-order chi connectivity index (χ0) is 23.4. The molecule has 0 amide bonds. The second-order valence-corrected chi connectivity index (χ2v) is 8.62. The van der Waals surface area contributed by atoms with E-state index in [1.165, 1.54) is 0 Å². The monoisotopic (exact) mass is 442 g/mol. The normalized spacial score (nSPS) is 12.7. The Morgan fingerprint density at radius 3 is 1.21 bits per heavy atom. The van der Waals surface area contributed by atoms with Gasteiger partial charge in [-0.25, -0.2) is 0 Å². The first-order valence-electron chi connectivity index (χ1n) is 11.2. The third kappa shape index (κ3) is 3.00. The molecule has 0 bridgehead atoms. The molecule has 0 unspecified atom stereocenters. The van der Waals surface area contributed by atoms with Crippen molar-refractivity contribution in [2.75, 3.05) is 0 Å². The summed E-state index contributed by atoms with van der Waals surface area (Å²) in [6, 6.07) is 25.1. The van der Waals surface area contributed by atoms with Crippen molar-refractivity contribution in [1.82, 2.24) is 0 Å². The van der Waals surface area contributed by atoms with E-state index in [9.17, 15) is 19.2 Å². The van der Waals surface area contributed by atoms with Crippen LogP contribution < -0.4 is 0 Å². The van der Waals surface area contributed by atoms with E-state index in [1.807, 2.05) is 36.4 Å². The summed E-state index contributed by atoms with van der Waals surface area (Å²) in [4.78, 5) is 51.1. The van der Waals surface area contributed by atoms with Crippen LogP contribution in [0.1, 0.15) is 65.4 Å². The molecule has 0 aromatic heterocycles. The maximum atomic E-state index is 12.8. The van der Waals surface area contributed by atoms with E-state index in [4.69, 9.17) is 0 Å². The fourth-order valence-electron chi connectivity index (χ4n) is 4.92. The Morgan fingerprint density at radius 1 is 0.441 bits per heavy atom. The average Bonchev–Trinajstić information content (AvgIpc) is 3.33. The molecule has 162 valence electrons. The lowest BCUT2D eigenvalue weighted by Gasteiger charge is -2.06. The number of hydrogen-bond acceptors (Lipinski definition) is 4. The summed E-state index contributed by atoms with van der Waals surface area (Å²) in [5.74, 6) is -0.547. The molecule has 0 heterocycles. The molecular formula is C30H18O4. The van der Waals surface area contributed by atoms with Gasteiger partial charge in [0.05, 0.1) is 0 Å². The Kier molecular flexibility index (Phi) is 4.49. The molecule has 4 nitrogen and oxygen atoms in total. The predicted octanol–water partition coefficient (Wildman–Crippen LogP) is 5.96. The number of hydrogen-bond donors (Lipinski definition) is 0. The van der Waals surface area contributed by atoms with Crippen molar-refractivity contribution < 1.29 is 19.2 Å². The lowest BCUT2D eigenvalue weighted by Crippen LogP contribution is -2.07. The van der Waals surface area contributed by atoms with Crippen molar-refractivity contribution in [3.63, 3.8) is 0 Å². The molecule has 0 aliphatic heterocycles. The summed E-state index contributed by atoms with van der Waals surface area (Å²) >= 11 is 0. The van der Waals surface area contributed by atoms with Crippen LogP contribution in [0, 0.1) is 0 Å². The van der Waals surface area contributed by atoms with E-state index in [0.717, 1.165) is 22.3 Å². The van der Waals surface area contributed by atoms with Gasteiger partial charge in [0.15, 0.2) is 23.1 Å². The van der Waals surface area contributed by atoms with Crippen molar-refractivity contribution in [2.24, 2.45) is 0 Å². The Labute approximate surface area is 195 Å². The molecule has 0 fully saturated rings. The summed E-state index contributed by atoms with van der Waals surface area (Å²) in [5.41, 5.74) is 6.60. The van der Waals surface area contributed by atoms with Crippen LogP contribution in [0.5, 0.6) is 0 Å². The van der Waals surface area contributed by atoms with E-state index >= 15 is 0 Å². The number of ketones is 4. The summed E-state index contributed by atoms with van der Waals surface area (Å²) in [7, 11) is 0. The molecule has 4 aromatic carbocycles. The van der Waals surface area contributed by atoms with Crippen LogP contribution in [0.3, 0.4) is 0 Å². The molecule has 2 aliphatic rings. The summed E-state index contributed by atoms with van der Waals surface area (Å²) < 4.78 is 0. The second kappa shape index (κ2) is 7.56. The number of carbonyl (C=O) groups is 4. The highest BCUT2D eigenvalue weighted by Crippen LogP contribution is 2.38. The Hall–Kier alpha value is -4.44.